The van der Waals surface area contributed by atoms with E-state index in [0.29, 0.717) is 13.3 Å². The molecule has 0 aromatic heterocycles. The average Bonchev–Trinajstić information content (AvgIpc) is 2.52. The molecule has 0 bridgehead atoms. The number of ether oxygens (including phenoxy) is 2. The van der Waals surface area contributed by atoms with Gasteiger partial charge in [0.05, 0.1) is 0 Å². The Bertz CT molecular complexity index is 328. The van der Waals surface area contributed by atoms with Gasteiger partial charge in [-0.1, -0.05) is 15.9 Å². The van der Waals surface area contributed by atoms with Crippen LogP contribution in [0, 0.1) is 0 Å². The summed E-state index contributed by atoms with van der Waals surface area (Å²) in [5.41, 5.74) is 6.64. The summed E-state index contributed by atoms with van der Waals surface area (Å²) in [7, 11) is 0. The molecule has 0 atom stereocenters. The summed E-state index contributed by atoms with van der Waals surface area (Å²) in [6, 6.07) is 3.90. The van der Waals surface area contributed by atoms with E-state index in [9.17, 15) is 0 Å². The van der Waals surface area contributed by atoms with Crippen molar-refractivity contribution in [1.29, 1.82) is 0 Å². The summed E-state index contributed by atoms with van der Waals surface area (Å²) in [6.45, 7) is 0.950. The van der Waals surface area contributed by atoms with Gasteiger partial charge in [0.25, 0.3) is 0 Å². The highest BCUT2D eigenvalue weighted by Crippen LogP contribution is 2.36. The molecule has 0 saturated heterocycles. The van der Waals surface area contributed by atoms with Crippen LogP contribution in [0.15, 0.2) is 16.6 Å². The molecule has 2 N–H and O–H groups in total. The molecule has 0 unspecified atom stereocenters. The number of rotatable bonds is 2. The van der Waals surface area contributed by atoms with Gasteiger partial charge in [-0.2, -0.15) is 0 Å². The standard InChI is InChI=1S/C9H10BrNO2/c10-7-4-9-8(12-5-13-9)3-6(7)1-2-11/h3-4H,1-2,5,11H2. The Morgan fingerprint density at radius 3 is 2.69 bits per heavy atom. The van der Waals surface area contributed by atoms with E-state index in [1.54, 1.807) is 0 Å². The molecule has 2 rings (SSSR count). The lowest BCUT2D eigenvalue weighted by Crippen LogP contribution is -2.03. The van der Waals surface area contributed by atoms with Crippen molar-refractivity contribution in [2.75, 3.05) is 13.3 Å². The number of fused-ring (bicyclic) bond motifs is 1. The predicted octanol–water partition coefficient (Wildman–Crippen LogP) is 1.68. The third-order valence-corrected chi connectivity index (χ3v) is 2.69. The lowest BCUT2D eigenvalue weighted by Gasteiger charge is -2.04. The fourth-order valence-electron chi connectivity index (χ4n) is 1.31. The van der Waals surface area contributed by atoms with Crippen LogP contribution in [0.4, 0.5) is 0 Å². The zero-order valence-electron chi connectivity index (χ0n) is 7.05. The molecule has 70 valence electrons. The Balaban J connectivity index is 2.37. The Morgan fingerprint density at radius 2 is 2.00 bits per heavy atom. The molecule has 0 spiro atoms. The van der Waals surface area contributed by atoms with Crippen LogP contribution in [0.3, 0.4) is 0 Å². The van der Waals surface area contributed by atoms with E-state index >= 15 is 0 Å². The van der Waals surface area contributed by atoms with Crippen molar-refractivity contribution in [1.82, 2.24) is 0 Å². The molecule has 13 heavy (non-hydrogen) atoms. The van der Waals surface area contributed by atoms with Crippen molar-refractivity contribution >= 4 is 15.9 Å². The van der Waals surface area contributed by atoms with E-state index in [1.165, 1.54) is 0 Å². The van der Waals surface area contributed by atoms with Gasteiger partial charge in [-0.05, 0) is 30.7 Å². The molecule has 3 nitrogen and oxygen atoms in total. The maximum atomic E-state index is 5.48. The summed E-state index contributed by atoms with van der Waals surface area (Å²) in [4.78, 5) is 0. The zero-order valence-corrected chi connectivity index (χ0v) is 8.63. The topological polar surface area (TPSA) is 44.5 Å². The molecule has 0 fully saturated rings. The van der Waals surface area contributed by atoms with E-state index in [0.717, 1.165) is 28.0 Å². The van der Waals surface area contributed by atoms with Gasteiger partial charge in [0.15, 0.2) is 11.5 Å². The van der Waals surface area contributed by atoms with Crippen molar-refractivity contribution in [3.05, 3.63) is 22.2 Å². The predicted molar refractivity (Wildman–Crippen MR) is 53.0 cm³/mol. The quantitative estimate of drug-likeness (QED) is 0.860. The molecule has 0 saturated carbocycles. The van der Waals surface area contributed by atoms with Crippen LogP contribution in [0.25, 0.3) is 0 Å². The molecule has 0 radical (unpaired) electrons. The van der Waals surface area contributed by atoms with Gasteiger partial charge in [0.1, 0.15) is 0 Å². The van der Waals surface area contributed by atoms with Crippen molar-refractivity contribution in [3.8, 4) is 11.5 Å². The summed E-state index contributed by atoms with van der Waals surface area (Å²) in [5, 5.41) is 0. The molecular formula is C9H10BrNO2. The smallest absolute Gasteiger partial charge is 0.231 e. The first-order valence-electron chi connectivity index (χ1n) is 4.09. The van der Waals surface area contributed by atoms with E-state index < -0.39 is 0 Å². The first kappa shape index (κ1) is 8.84. The van der Waals surface area contributed by atoms with Crippen LogP contribution in [0.1, 0.15) is 5.56 Å². The van der Waals surface area contributed by atoms with Crippen molar-refractivity contribution in [3.63, 3.8) is 0 Å². The van der Waals surface area contributed by atoms with Gasteiger partial charge >= 0.3 is 0 Å². The van der Waals surface area contributed by atoms with Crippen LogP contribution >= 0.6 is 15.9 Å². The fraction of sp³-hybridized carbons (Fsp3) is 0.333. The minimum atomic E-state index is 0.313. The van der Waals surface area contributed by atoms with Gasteiger partial charge in [-0.25, -0.2) is 0 Å². The second kappa shape index (κ2) is 3.55. The van der Waals surface area contributed by atoms with Crippen molar-refractivity contribution < 1.29 is 9.47 Å². The summed E-state index contributed by atoms with van der Waals surface area (Å²) < 4.78 is 11.5. The molecule has 0 aliphatic carbocycles. The number of hydrogen-bond donors (Lipinski definition) is 1. The molecule has 1 aliphatic heterocycles. The highest BCUT2D eigenvalue weighted by atomic mass is 79.9. The van der Waals surface area contributed by atoms with E-state index in [-0.39, 0.29) is 0 Å². The minimum absolute atomic E-state index is 0.313. The summed E-state index contributed by atoms with van der Waals surface area (Å²) in [5.74, 6) is 1.61. The molecule has 4 heteroatoms. The fourth-order valence-corrected chi connectivity index (χ4v) is 1.83. The lowest BCUT2D eigenvalue weighted by molar-refractivity contribution is 0.174. The molecule has 1 heterocycles. The minimum Gasteiger partial charge on any atom is -0.454 e. The highest BCUT2D eigenvalue weighted by Gasteiger charge is 2.15. The van der Waals surface area contributed by atoms with Gasteiger partial charge in [-0.3, -0.25) is 0 Å². The van der Waals surface area contributed by atoms with E-state index in [4.69, 9.17) is 15.2 Å². The largest absolute Gasteiger partial charge is 0.454 e. The monoisotopic (exact) mass is 243 g/mol. The number of benzene rings is 1. The van der Waals surface area contributed by atoms with E-state index in [2.05, 4.69) is 15.9 Å². The lowest BCUT2D eigenvalue weighted by atomic mass is 10.1. The molecule has 1 aliphatic rings. The number of hydrogen-bond acceptors (Lipinski definition) is 3. The third kappa shape index (κ3) is 1.64. The normalized spacial score (nSPS) is 13.4. The average molecular weight is 244 g/mol. The summed E-state index contributed by atoms with van der Waals surface area (Å²) >= 11 is 3.46. The van der Waals surface area contributed by atoms with Crippen molar-refractivity contribution in [2.24, 2.45) is 5.73 Å². The number of nitrogens with two attached hydrogens (primary N) is 1. The first-order chi connectivity index (χ1) is 6.31. The van der Waals surface area contributed by atoms with Gasteiger partial charge in [-0.15, -0.1) is 0 Å². The van der Waals surface area contributed by atoms with Crippen molar-refractivity contribution in [2.45, 2.75) is 6.42 Å². The van der Waals surface area contributed by atoms with Crippen LogP contribution in [-0.4, -0.2) is 13.3 Å². The maximum Gasteiger partial charge on any atom is 0.231 e. The van der Waals surface area contributed by atoms with Crippen LogP contribution in [0.2, 0.25) is 0 Å². The van der Waals surface area contributed by atoms with Gasteiger partial charge in [0.2, 0.25) is 6.79 Å². The maximum absolute atomic E-state index is 5.48. The second-order valence-corrected chi connectivity index (χ2v) is 3.69. The zero-order chi connectivity index (χ0) is 9.26. The Morgan fingerprint density at radius 1 is 1.31 bits per heavy atom. The summed E-state index contributed by atoms with van der Waals surface area (Å²) in [6.07, 6.45) is 0.844. The van der Waals surface area contributed by atoms with Gasteiger partial charge in [0, 0.05) is 4.47 Å². The van der Waals surface area contributed by atoms with Crippen LogP contribution in [-0.2, 0) is 6.42 Å². The Labute approximate surface area is 85.0 Å². The SMILES string of the molecule is NCCc1cc2c(cc1Br)OCO2. The molecule has 1 aromatic carbocycles. The van der Waals surface area contributed by atoms with E-state index in [1.807, 2.05) is 12.1 Å². The van der Waals surface area contributed by atoms with Crippen LogP contribution in [0.5, 0.6) is 11.5 Å². The highest BCUT2D eigenvalue weighted by molar-refractivity contribution is 9.10. The second-order valence-electron chi connectivity index (χ2n) is 2.84. The number of halogens is 1. The molecule has 0 amide bonds. The first-order valence-corrected chi connectivity index (χ1v) is 4.88. The third-order valence-electron chi connectivity index (χ3n) is 1.96. The van der Waals surface area contributed by atoms with Crippen LogP contribution < -0.4 is 15.2 Å². The Hall–Kier alpha value is -0.740. The molecular weight excluding hydrogens is 234 g/mol. The molecule has 1 aromatic rings. The van der Waals surface area contributed by atoms with Gasteiger partial charge < -0.3 is 15.2 Å². The Kier molecular flexibility index (Phi) is 2.42.